The molecule has 0 radical (unpaired) electrons. The molecule has 0 spiro atoms. The minimum Gasteiger partial charge on any atom is -0.426 e. The summed E-state index contributed by atoms with van der Waals surface area (Å²) in [6.45, 7) is 4.36. The number of nitrogens with two attached hydrogens (primary N) is 1. The summed E-state index contributed by atoms with van der Waals surface area (Å²) in [6.07, 6.45) is 2.52. The van der Waals surface area contributed by atoms with Crippen molar-refractivity contribution in [2.24, 2.45) is 5.73 Å². The normalized spacial score (nSPS) is 14.1. The van der Waals surface area contributed by atoms with Gasteiger partial charge in [-0.3, -0.25) is 38.4 Å². The standard InChI is InChI=1S/C34H55BN8O12/c1-6-7-8-9-10-22-11-13-23(14-12-22)31(50)42-25(17-44)33(52)39-19(2)29(48)37-16-27(47)43(5)28(21(4)45)34(53)40-20(3)30(49)41-24(15-26(36)46)32(51)38-18-35(54)55/h11-14,19-21,24-25,28,44-45,54-55H,6-10,15-18H2,1-5H3,(H2,36,46)(H,37,48)(H,38,51)(H,39,52)(H,40,53)(H,41,49)(H,42,50)/t19-,20+,21?,24?,25-,28?/m1/s1. The van der Waals surface area contributed by atoms with Gasteiger partial charge in [0.25, 0.3) is 5.91 Å². The second-order valence-electron chi connectivity index (χ2n) is 13.0. The Hall–Kier alpha value is -5.12. The molecular formula is C34H55BN8O12. The Balaban J connectivity index is 2.75. The summed E-state index contributed by atoms with van der Waals surface area (Å²) >= 11 is 0. The number of nitrogens with zero attached hydrogens (tertiary/aromatic N) is 1. The van der Waals surface area contributed by atoms with Crippen LogP contribution in [0, 0.1) is 0 Å². The van der Waals surface area contributed by atoms with Crippen LogP contribution < -0.4 is 37.6 Å². The zero-order chi connectivity index (χ0) is 41.8. The number of rotatable bonds is 24. The zero-order valence-electron chi connectivity index (χ0n) is 31.8. The van der Waals surface area contributed by atoms with Gasteiger partial charge in [-0.1, -0.05) is 38.3 Å². The van der Waals surface area contributed by atoms with E-state index in [0.29, 0.717) is 0 Å². The first-order valence-electron chi connectivity index (χ1n) is 17.9. The maximum atomic E-state index is 13.1. The predicted octanol–water partition coefficient (Wildman–Crippen LogP) is -4.28. The van der Waals surface area contributed by atoms with Gasteiger partial charge in [0.15, 0.2) is 0 Å². The number of benzene rings is 1. The molecule has 21 heteroatoms. The van der Waals surface area contributed by atoms with Gasteiger partial charge < -0.3 is 62.8 Å². The summed E-state index contributed by atoms with van der Waals surface area (Å²) in [6, 6.07) is -0.261. The Morgan fingerprint density at radius 2 is 1.36 bits per heavy atom. The number of likely N-dealkylation sites (N-methyl/N-ethyl adjacent to an activating group) is 1. The van der Waals surface area contributed by atoms with Gasteiger partial charge in [0, 0.05) is 12.6 Å². The van der Waals surface area contributed by atoms with Crippen molar-refractivity contribution in [3.8, 4) is 0 Å². The smallest absolute Gasteiger partial charge is 0.426 e. The SMILES string of the molecule is CCCCCCc1ccc(C(=O)N[C@H](CO)C(=O)N[C@H](C)C(=O)NCC(=O)N(C)C(C(=O)N[C@@H](C)C(=O)NC(CC(N)=O)C(=O)NCB(O)O)C(C)O)cc1. The van der Waals surface area contributed by atoms with E-state index in [2.05, 4.69) is 38.8 Å². The van der Waals surface area contributed by atoms with E-state index < -0.39 is 117 Å². The second kappa shape index (κ2) is 24.3. The summed E-state index contributed by atoms with van der Waals surface area (Å²) in [7, 11) is -0.758. The summed E-state index contributed by atoms with van der Waals surface area (Å²) in [5.41, 5.74) is 6.47. The number of primary amides is 1. The summed E-state index contributed by atoms with van der Waals surface area (Å²) < 4.78 is 0. The van der Waals surface area contributed by atoms with Crippen LogP contribution in [-0.4, -0.2) is 142 Å². The first kappa shape index (κ1) is 47.9. The molecule has 0 aliphatic rings. The first-order chi connectivity index (χ1) is 25.8. The fraction of sp³-hybridized carbons (Fsp3) is 0.588. The van der Waals surface area contributed by atoms with E-state index in [0.717, 1.165) is 49.6 Å². The van der Waals surface area contributed by atoms with Crippen LogP contribution in [0.4, 0.5) is 0 Å². The highest BCUT2D eigenvalue weighted by Gasteiger charge is 2.34. The van der Waals surface area contributed by atoms with Gasteiger partial charge in [0.05, 0.1) is 32.1 Å². The van der Waals surface area contributed by atoms with Gasteiger partial charge in [0.2, 0.25) is 41.4 Å². The molecule has 0 heterocycles. The molecule has 1 rings (SSSR count). The molecule has 0 aliphatic carbocycles. The number of nitrogens with one attached hydrogen (secondary N) is 6. The van der Waals surface area contributed by atoms with Gasteiger partial charge in [-0.2, -0.15) is 0 Å². The van der Waals surface area contributed by atoms with Crippen LogP contribution in [0.3, 0.4) is 0 Å². The van der Waals surface area contributed by atoms with Crippen LogP contribution in [0.2, 0.25) is 0 Å². The Morgan fingerprint density at radius 1 is 0.764 bits per heavy atom. The minimum atomic E-state index is -1.91. The Kier molecular flexibility index (Phi) is 21.2. The average Bonchev–Trinajstić information content (AvgIpc) is 3.12. The molecule has 1 aromatic rings. The molecule has 12 N–H and O–H groups in total. The highest BCUT2D eigenvalue weighted by Crippen LogP contribution is 2.10. The molecule has 0 bridgehead atoms. The monoisotopic (exact) mass is 778 g/mol. The molecule has 306 valence electrons. The first-order valence-corrected chi connectivity index (χ1v) is 17.9. The van der Waals surface area contributed by atoms with E-state index in [9.17, 15) is 48.6 Å². The zero-order valence-corrected chi connectivity index (χ0v) is 31.8. The number of hydrogen-bond acceptors (Lipinski definition) is 12. The summed E-state index contributed by atoms with van der Waals surface area (Å²) in [5, 5.41) is 51.7. The van der Waals surface area contributed by atoms with Gasteiger partial charge in [0.1, 0.15) is 30.2 Å². The summed E-state index contributed by atoms with van der Waals surface area (Å²) in [4.78, 5) is 102. The third-order valence-electron chi connectivity index (χ3n) is 8.29. The van der Waals surface area contributed by atoms with Crippen molar-refractivity contribution in [2.75, 3.05) is 26.6 Å². The van der Waals surface area contributed by atoms with E-state index in [1.165, 1.54) is 20.8 Å². The lowest BCUT2D eigenvalue weighted by Crippen LogP contribution is -2.59. The number of aliphatic hydroxyl groups is 2. The van der Waals surface area contributed by atoms with Crippen molar-refractivity contribution in [2.45, 2.75) is 103 Å². The van der Waals surface area contributed by atoms with Crippen molar-refractivity contribution in [1.29, 1.82) is 0 Å². The Labute approximate surface area is 319 Å². The number of amides is 8. The molecule has 8 amide bonds. The van der Waals surface area contributed by atoms with Crippen LogP contribution in [0.25, 0.3) is 0 Å². The highest BCUT2D eigenvalue weighted by molar-refractivity contribution is 6.41. The third kappa shape index (κ3) is 17.3. The fourth-order valence-corrected chi connectivity index (χ4v) is 5.09. The van der Waals surface area contributed by atoms with Crippen LogP contribution in [-0.2, 0) is 40.0 Å². The quantitative estimate of drug-likeness (QED) is 0.0351. The van der Waals surface area contributed by atoms with Crippen molar-refractivity contribution < 1.29 is 58.6 Å². The van der Waals surface area contributed by atoms with E-state index in [1.54, 1.807) is 12.1 Å². The van der Waals surface area contributed by atoms with E-state index in [1.807, 2.05) is 12.1 Å². The minimum absolute atomic E-state index is 0.272. The molecule has 1 aromatic carbocycles. The molecule has 6 atom stereocenters. The number of aliphatic hydroxyl groups excluding tert-OH is 2. The van der Waals surface area contributed by atoms with Gasteiger partial charge >= 0.3 is 7.12 Å². The molecule has 0 saturated heterocycles. The largest absolute Gasteiger partial charge is 0.472 e. The molecule has 3 unspecified atom stereocenters. The lowest BCUT2D eigenvalue weighted by atomic mass is 9.92. The van der Waals surface area contributed by atoms with Crippen LogP contribution >= 0.6 is 0 Å². The van der Waals surface area contributed by atoms with Crippen LogP contribution in [0.5, 0.6) is 0 Å². The number of aryl methyl sites for hydroxylation is 1. The van der Waals surface area contributed by atoms with Crippen LogP contribution in [0.1, 0.15) is 75.7 Å². The van der Waals surface area contributed by atoms with Crippen molar-refractivity contribution in [3.05, 3.63) is 35.4 Å². The summed E-state index contributed by atoms with van der Waals surface area (Å²) in [5.74, 6) is -7.08. The Bertz CT molecular complexity index is 1480. The topological polar surface area (TPSA) is 319 Å². The van der Waals surface area contributed by atoms with Crippen LogP contribution in [0.15, 0.2) is 24.3 Å². The lowest BCUT2D eigenvalue weighted by molar-refractivity contribution is -0.144. The number of carbonyl (C=O) groups is 8. The number of carbonyl (C=O) groups excluding carboxylic acids is 8. The van der Waals surface area contributed by atoms with Crippen molar-refractivity contribution in [3.63, 3.8) is 0 Å². The van der Waals surface area contributed by atoms with E-state index in [4.69, 9.17) is 15.8 Å². The van der Waals surface area contributed by atoms with Crippen molar-refractivity contribution >= 4 is 54.4 Å². The average molecular weight is 779 g/mol. The van der Waals surface area contributed by atoms with Gasteiger partial charge in [-0.25, -0.2) is 0 Å². The second-order valence-corrected chi connectivity index (χ2v) is 13.0. The van der Waals surface area contributed by atoms with Gasteiger partial charge in [-0.15, -0.1) is 0 Å². The molecule has 0 fully saturated rings. The Morgan fingerprint density at radius 3 is 1.91 bits per heavy atom. The molecule has 0 aromatic heterocycles. The number of hydrogen-bond donors (Lipinski definition) is 11. The van der Waals surface area contributed by atoms with Gasteiger partial charge in [-0.05, 0) is 51.3 Å². The lowest BCUT2D eigenvalue weighted by Gasteiger charge is -2.30. The predicted molar refractivity (Wildman–Crippen MR) is 198 cm³/mol. The number of unbranched alkanes of at least 4 members (excludes halogenated alkanes) is 3. The highest BCUT2D eigenvalue weighted by atomic mass is 16.4. The molecule has 0 saturated carbocycles. The van der Waals surface area contributed by atoms with E-state index in [-0.39, 0.29) is 5.56 Å². The maximum Gasteiger partial charge on any atom is 0.472 e. The molecule has 20 nitrogen and oxygen atoms in total. The maximum absolute atomic E-state index is 13.1. The molecular weight excluding hydrogens is 723 g/mol. The molecule has 55 heavy (non-hydrogen) atoms. The molecule has 0 aliphatic heterocycles. The van der Waals surface area contributed by atoms with E-state index >= 15 is 0 Å². The third-order valence-corrected chi connectivity index (χ3v) is 8.29. The fourth-order valence-electron chi connectivity index (χ4n) is 5.09. The van der Waals surface area contributed by atoms with Crippen molar-refractivity contribution in [1.82, 2.24) is 36.8 Å².